The van der Waals surface area contributed by atoms with E-state index in [4.69, 9.17) is 0 Å². The van der Waals surface area contributed by atoms with Gasteiger partial charge in [0.05, 0.1) is 0 Å². The molecule has 2 nitrogen and oxygen atoms in total. The van der Waals surface area contributed by atoms with Gasteiger partial charge >= 0.3 is 0 Å². The molecule has 2 atom stereocenters. The van der Waals surface area contributed by atoms with Crippen LogP contribution in [0.25, 0.3) is 21.5 Å². The molecule has 0 N–H and O–H groups in total. The summed E-state index contributed by atoms with van der Waals surface area (Å²) < 4.78 is 0. The zero-order valence-corrected chi connectivity index (χ0v) is 15.0. The minimum Gasteiger partial charge on any atom is -0.298 e. The minimum absolute atomic E-state index is 0.647. The number of hydrogen-bond donors (Lipinski definition) is 0. The zero-order chi connectivity index (χ0) is 16.8. The Bertz CT molecular complexity index is 862. The first kappa shape index (κ1) is 15.4. The lowest BCUT2D eigenvalue weighted by atomic mass is 9.95. The normalized spacial score (nSPS) is 24.8. The highest BCUT2D eigenvalue weighted by atomic mass is 15.3. The third-order valence-electron chi connectivity index (χ3n) is 6.47. The van der Waals surface area contributed by atoms with Gasteiger partial charge in [-0.3, -0.25) is 9.80 Å². The molecule has 2 fully saturated rings. The quantitative estimate of drug-likeness (QED) is 0.631. The molecule has 128 valence electrons. The van der Waals surface area contributed by atoms with Crippen LogP contribution in [0.2, 0.25) is 0 Å². The Morgan fingerprint density at radius 1 is 0.880 bits per heavy atom. The summed E-state index contributed by atoms with van der Waals surface area (Å²) in [4.78, 5) is 5.43. The minimum atomic E-state index is 0.647. The van der Waals surface area contributed by atoms with E-state index in [2.05, 4.69) is 71.3 Å². The summed E-state index contributed by atoms with van der Waals surface area (Å²) >= 11 is 0. The van der Waals surface area contributed by atoms with Gasteiger partial charge in [-0.25, -0.2) is 0 Å². The second-order valence-electron chi connectivity index (χ2n) is 7.75. The Kier molecular flexibility index (Phi) is 3.76. The zero-order valence-electron chi connectivity index (χ0n) is 15.0. The molecule has 0 radical (unpaired) electrons. The first-order chi connectivity index (χ1) is 12.3. The predicted molar refractivity (Wildman–Crippen MR) is 106 cm³/mol. The topological polar surface area (TPSA) is 6.48 Å². The van der Waals surface area contributed by atoms with Crippen LogP contribution in [0.15, 0.2) is 54.6 Å². The van der Waals surface area contributed by atoms with E-state index in [-0.39, 0.29) is 0 Å². The SMILES string of the molecule is CC1C2CCCN2CCN1Cc1c2ccccc2cc2ccccc12. The van der Waals surface area contributed by atoms with Crippen LogP contribution in [0.1, 0.15) is 25.3 Å². The first-order valence-corrected chi connectivity index (χ1v) is 9.69. The van der Waals surface area contributed by atoms with Crippen LogP contribution >= 0.6 is 0 Å². The van der Waals surface area contributed by atoms with Crippen molar-refractivity contribution in [2.45, 2.75) is 38.4 Å². The van der Waals surface area contributed by atoms with Gasteiger partial charge in [-0.15, -0.1) is 0 Å². The number of fused-ring (bicyclic) bond motifs is 3. The van der Waals surface area contributed by atoms with Gasteiger partial charge in [-0.1, -0.05) is 48.5 Å². The van der Waals surface area contributed by atoms with Crippen LogP contribution < -0.4 is 0 Å². The summed E-state index contributed by atoms with van der Waals surface area (Å²) in [6.45, 7) is 7.23. The number of piperazine rings is 1. The van der Waals surface area contributed by atoms with Gasteiger partial charge in [0.1, 0.15) is 0 Å². The molecule has 0 spiro atoms. The van der Waals surface area contributed by atoms with Gasteiger partial charge in [0.25, 0.3) is 0 Å². The van der Waals surface area contributed by atoms with E-state index < -0.39 is 0 Å². The fraction of sp³-hybridized carbons (Fsp3) is 0.391. The van der Waals surface area contributed by atoms with Crippen molar-refractivity contribution in [1.29, 1.82) is 0 Å². The Morgan fingerprint density at radius 3 is 2.28 bits per heavy atom. The third kappa shape index (κ3) is 2.56. The van der Waals surface area contributed by atoms with Gasteiger partial charge < -0.3 is 0 Å². The van der Waals surface area contributed by atoms with Gasteiger partial charge in [0.2, 0.25) is 0 Å². The van der Waals surface area contributed by atoms with Crippen LogP contribution in [0.3, 0.4) is 0 Å². The van der Waals surface area contributed by atoms with Crippen molar-refractivity contribution in [2.75, 3.05) is 19.6 Å². The Labute approximate surface area is 150 Å². The molecule has 2 aliphatic heterocycles. The van der Waals surface area contributed by atoms with Crippen LogP contribution in [-0.4, -0.2) is 41.5 Å². The van der Waals surface area contributed by atoms with Crippen LogP contribution in [-0.2, 0) is 6.54 Å². The smallest absolute Gasteiger partial charge is 0.0250 e. The summed E-state index contributed by atoms with van der Waals surface area (Å²) in [5.74, 6) is 0. The average Bonchev–Trinajstić information content (AvgIpc) is 3.13. The van der Waals surface area contributed by atoms with Crippen LogP contribution in [0.5, 0.6) is 0 Å². The lowest BCUT2D eigenvalue weighted by molar-refractivity contribution is 0.0476. The highest BCUT2D eigenvalue weighted by Gasteiger charge is 2.36. The molecule has 2 unspecified atom stereocenters. The van der Waals surface area contributed by atoms with Gasteiger partial charge in [0.15, 0.2) is 0 Å². The predicted octanol–water partition coefficient (Wildman–Crippen LogP) is 4.66. The van der Waals surface area contributed by atoms with E-state index in [1.165, 1.54) is 59.6 Å². The van der Waals surface area contributed by atoms with Gasteiger partial charge in [-0.05, 0) is 59.5 Å². The summed E-state index contributed by atoms with van der Waals surface area (Å²) in [6.07, 6.45) is 2.74. The van der Waals surface area contributed by atoms with Crippen LogP contribution in [0, 0.1) is 0 Å². The summed E-state index contributed by atoms with van der Waals surface area (Å²) in [7, 11) is 0. The molecule has 0 amide bonds. The van der Waals surface area contributed by atoms with Crippen molar-refractivity contribution in [3.8, 4) is 0 Å². The lowest BCUT2D eigenvalue weighted by Crippen LogP contribution is -2.55. The summed E-state index contributed by atoms with van der Waals surface area (Å²) in [5.41, 5.74) is 1.51. The number of nitrogens with zero attached hydrogens (tertiary/aromatic N) is 2. The molecule has 3 aromatic rings. The third-order valence-corrected chi connectivity index (χ3v) is 6.47. The maximum Gasteiger partial charge on any atom is 0.0250 e. The first-order valence-electron chi connectivity index (χ1n) is 9.69. The van der Waals surface area contributed by atoms with E-state index >= 15 is 0 Å². The number of rotatable bonds is 2. The molecular formula is C23H26N2. The molecule has 0 bridgehead atoms. The standard InChI is InChI=1S/C23H26N2/c1-17-23-11-6-12-24(23)13-14-25(17)16-22-20-9-4-2-7-18(20)15-19-8-3-5-10-21(19)22/h2-5,7-10,15,17,23H,6,11-14,16H2,1H3. The molecule has 3 aromatic carbocycles. The maximum absolute atomic E-state index is 2.72. The molecule has 2 saturated heterocycles. The molecule has 0 aliphatic carbocycles. The monoisotopic (exact) mass is 330 g/mol. The molecule has 5 rings (SSSR count). The van der Waals surface area contributed by atoms with Crippen molar-refractivity contribution in [2.24, 2.45) is 0 Å². The van der Waals surface area contributed by atoms with Crippen molar-refractivity contribution < 1.29 is 0 Å². The molecule has 0 aromatic heterocycles. The van der Waals surface area contributed by atoms with E-state index in [0.29, 0.717) is 6.04 Å². The second-order valence-corrected chi connectivity index (χ2v) is 7.75. The Balaban J connectivity index is 1.59. The fourth-order valence-corrected chi connectivity index (χ4v) is 5.08. The number of benzene rings is 3. The van der Waals surface area contributed by atoms with E-state index in [9.17, 15) is 0 Å². The van der Waals surface area contributed by atoms with Crippen molar-refractivity contribution in [1.82, 2.24) is 9.80 Å². The average molecular weight is 330 g/mol. The highest BCUT2D eigenvalue weighted by Crippen LogP contribution is 2.32. The molecular weight excluding hydrogens is 304 g/mol. The van der Waals surface area contributed by atoms with Gasteiger partial charge in [-0.2, -0.15) is 0 Å². The highest BCUT2D eigenvalue weighted by molar-refractivity contribution is 6.02. The molecule has 2 aliphatic rings. The van der Waals surface area contributed by atoms with Crippen molar-refractivity contribution in [3.05, 3.63) is 60.2 Å². The molecule has 0 saturated carbocycles. The van der Waals surface area contributed by atoms with Crippen molar-refractivity contribution in [3.63, 3.8) is 0 Å². The Morgan fingerprint density at radius 2 is 1.56 bits per heavy atom. The van der Waals surface area contributed by atoms with E-state index in [1.54, 1.807) is 0 Å². The largest absolute Gasteiger partial charge is 0.298 e. The fourth-order valence-electron chi connectivity index (χ4n) is 5.08. The van der Waals surface area contributed by atoms with Gasteiger partial charge in [0, 0.05) is 31.7 Å². The van der Waals surface area contributed by atoms with Crippen molar-refractivity contribution >= 4 is 21.5 Å². The second kappa shape index (κ2) is 6.12. The van der Waals surface area contributed by atoms with E-state index in [1.807, 2.05) is 0 Å². The van der Waals surface area contributed by atoms with E-state index in [0.717, 1.165) is 12.6 Å². The maximum atomic E-state index is 2.72. The number of hydrogen-bond acceptors (Lipinski definition) is 2. The summed E-state index contributed by atoms with van der Waals surface area (Å²) in [6, 6.07) is 21.5. The lowest BCUT2D eigenvalue weighted by Gasteiger charge is -2.43. The molecule has 2 heteroatoms. The molecule has 2 heterocycles. The Hall–Kier alpha value is -1.90. The van der Waals surface area contributed by atoms with Crippen LogP contribution in [0.4, 0.5) is 0 Å². The summed E-state index contributed by atoms with van der Waals surface area (Å²) in [5, 5.41) is 5.57. The molecule has 25 heavy (non-hydrogen) atoms.